The highest BCUT2D eigenvalue weighted by atomic mass is 35.5. The van der Waals surface area contributed by atoms with Crippen LogP contribution in [0.4, 0.5) is 0 Å². The van der Waals surface area contributed by atoms with E-state index in [4.69, 9.17) is 11.6 Å². The van der Waals surface area contributed by atoms with Gasteiger partial charge >= 0.3 is 0 Å². The molecule has 2 aromatic carbocycles. The molecule has 0 aliphatic heterocycles. The number of aliphatic hydroxyl groups is 1. The first-order valence-corrected chi connectivity index (χ1v) is 7.29. The molecule has 0 spiro atoms. The molecule has 0 aliphatic carbocycles. The van der Waals surface area contributed by atoms with Crippen molar-refractivity contribution in [3.05, 3.63) is 76.4 Å². The van der Waals surface area contributed by atoms with Crippen molar-refractivity contribution in [2.45, 2.75) is 19.4 Å². The molecule has 0 fully saturated rings. The molecule has 1 heterocycles. The predicted octanol–water partition coefficient (Wildman–Crippen LogP) is 4.47. The van der Waals surface area contributed by atoms with Crippen LogP contribution < -0.4 is 0 Å². The maximum atomic E-state index is 10.5. The lowest BCUT2D eigenvalue weighted by Gasteiger charge is -2.14. The third-order valence-electron chi connectivity index (χ3n) is 3.66. The molecule has 1 unspecified atom stereocenters. The standard InChI is InChI=1S/C18H16ClNO/c1-12-4-6-13(7-5-12)11-17(21)15-8-9-16(19)14-3-2-10-20-18(14)15/h2-10,17,21H,11H2,1H3. The summed E-state index contributed by atoms with van der Waals surface area (Å²) in [5, 5.41) is 12.1. The van der Waals surface area contributed by atoms with Gasteiger partial charge < -0.3 is 5.11 Å². The molecular formula is C18H16ClNO. The van der Waals surface area contributed by atoms with E-state index >= 15 is 0 Å². The molecule has 3 aromatic rings. The van der Waals surface area contributed by atoms with Crippen molar-refractivity contribution in [3.63, 3.8) is 0 Å². The number of fused-ring (bicyclic) bond motifs is 1. The van der Waals surface area contributed by atoms with Crippen LogP contribution in [0, 0.1) is 6.92 Å². The predicted molar refractivity (Wildman–Crippen MR) is 86.6 cm³/mol. The second kappa shape index (κ2) is 5.84. The van der Waals surface area contributed by atoms with Gasteiger partial charge in [-0.1, -0.05) is 47.5 Å². The first kappa shape index (κ1) is 14.1. The first-order chi connectivity index (χ1) is 10.1. The van der Waals surface area contributed by atoms with Crippen LogP contribution in [0.3, 0.4) is 0 Å². The molecule has 1 atom stereocenters. The Bertz CT molecular complexity index is 768. The van der Waals surface area contributed by atoms with Gasteiger partial charge in [-0.2, -0.15) is 0 Å². The lowest BCUT2D eigenvalue weighted by Crippen LogP contribution is -2.03. The average molecular weight is 298 g/mol. The minimum Gasteiger partial charge on any atom is -0.388 e. The number of pyridine rings is 1. The Kier molecular flexibility index (Phi) is 3.91. The summed E-state index contributed by atoms with van der Waals surface area (Å²) < 4.78 is 0. The lowest BCUT2D eigenvalue weighted by atomic mass is 9.98. The van der Waals surface area contributed by atoms with Gasteiger partial charge in [0.15, 0.2) is 0 Å². The molecule has 0 saturated carbocycles. The summed E-state index contributed by atoms with van der Waals surface area (Å²) in [6.45, 7) is 2.05. The van der Waals surface area contributed by atoms with Crippen LogP contribution >= 0.6 is 11.6 Å². The summed E-state index contributed by atoms with van der Waals surface area (Å²) in [5.41, 5.74) is 3.90. The van der Waals surface area contributed by atoms with Crippen molar-refractivity contribution in [2.75, 3.05) is 0 Å². The Morgan fingerprint density at radius 1 is 1.10 bits per heavy atom. The van der Waals surface area contributed by atoms with Gasteiger partial charge in [0.2, 0.25) is 0 Å². The van der Waals surface area contributed by atoms with Crippen molar-refractivity contribution in [3.8, 4) is 0 Å². The second-order valence-electron chi connectivity index (χ2n) is 5.24. The average Bonchev–Trinajstić information content (AvgIpc) is 2.50. The van der Waals surface area contributed by atoms with E-state index in [1.807, 2.05) is 36.4 Å². The van der Waals surface area contributed by atoms with Crippen LogP contribution in [0.2, 0.25) is 5.02 Å². The number of nitrogens with zero attached hydrogens (tertiary/aromatic N) is 1. The van der Waals surface area contributed by atoms with Gasteiger partial charge in [-0.15, -0.1) is 0 Å². The molecule has 0 radical (unpaired) electrons. The lowest BCUT2D eigenvalue weighted by molar-refractivity contribution is 0.180. The van der Waals surface area contributed by atoms with Crippen molar-refractivity contribution in [1.82, 2.24) is 4.98 Å². The number of aryl methyl sites for hydroxylation is 1. The molecule has 3 rings (SSSR count). The molecule has 106 valence electrons. The van der Waals surface area contributed by atoms with Gasteiger partial charge in [0, 0.05) is 28.6 Å². The third kappa shape index (κ3) is 2.92. The fraction of sp³-hybridized carbons (Fsp3) is 0.167. The minimum atomic E-state index is -0.595. The Balaban J connectivity index is 1.96. The van der Waals surface area contributed by atoms with E-state index in [9.17, 15) is 5.11 Å². The van der Waals surface area contributed by atoms with Crippen LogP contribution in [0.25, 0.3) is 10.9 Å². The molecule has 21 heavy (non-hydrogen) atoms. The number of halogens is 1. The summed E-state index contributed by atoms with van der Waals surface area (Å²) >= 11 is 6.19. The zero-order valence-electron chi connectivity index (χ0n) is 11.8. The highest BCUT2D eigenvalue weighted by molar-refractivity contribution is 6.35. The Morgan fingerprint density at radius 3 is 2.62 bits per heavy atom. The highest BCUT2D eigenvalue weighted by Crippen LogP contribution is 2.29. The van der Waals surface area contributed by atoms with Crippen LogP contribution in [0.15, 0.2) is 54.7 Å². The second-order valence-corrected chi connectivity index (χ2v) is 5.65. The van der Waals surface area contributed by atoms with Crippen LogP contribution in [0.1, 0.15) is 22.8 Å². The fourth-order valence-corrected chi connectivity index (χ4v) is 2.70. The summed E-state index contributed by atoms with van der Waals surface area (Å²) in [6, 6.07) is 15.7. The van der Waals surface area contributed by atoms with Crippen LogP contribution in [-0.2, 0) is 6.42 Å². The van der Waals surface area contributed by atoms with E-state index in [0.717, 1.165) is 22.0 Å². The van der Waals surface area contributed by atoms with E-state index in [0.29, 0.717) is 11.4 Å². The van der Waals surface area contributed by atoms with Gasteiger partial charge in [0.05, 0.1) is 11.6 Å². The zero-order valence-corrected chi connectivity index (χ0v) is 12.5. The van der Waals surface area contributed by atoms with Gasteiger partial charge in [-0.25, -0.2) is 0 Å². The van der Waals surface area contributed by atoms with Gasteiger partial charge in [0.1, 0.15) is 0 Å². The summed E-state index contributed by atoms with van der Waals surface area (Å²) in [6.07, 6.45) is 1.69. The summed E-state index contributed by atoms with van der Waals surface area (Å²) in [7, 11) is 0. The summed E-state index contributed by atoms with van der Waals surface area (Å²) in [5.74, 6) is 0. The number of hydrogen-bond acceptors (Lipinski definition) is 2. The number of benzene rings is 2. The maximum absolute atomic E-state index is 10.5. The first-order valence-electron chi connectivity index (χ1n) is 6.92. The zero-order chi connectivity index (χ0) is 14.8. The molecule has 2 nitrogen and oxygen atoms in total. The molecule has 0 saturated heterocycles. The molecule has 1 N–H and O–H groups in total. The molecule has 0 bridgehead atoms. The molecular weight excluding hydrogens is 282 g/mol. The number of rotatable bonds is 3. The van der Waals surface area contributed by atoms with E-state index < -0.39 is 6.10 Å². The fourth-order valence-electron chi connectivity index (χ4n) is 2.49. The third-order valence-corrected chi connectivity index (χ3v) is 3.99. The van der Waals surface area contributed by atoms with Crippen LogP contribution in [0.5, 0.6) is 0 Å². The number of aliphatic hydroxyl groups excluding tert-OH is 1. The topological polar surface area (TPSA) is 33.1 Å². The molecule has 3 heteroatoms. The summed E-state index contributed by atoms with van der Waals surface area (Å²) in [4.78, 5) is 4.37. The van der Waals surface area contributed by atoms with Crippen molar-refractivity contribution >= 4 is 22.5 Å². The van der Waals surface area contributed by atoms with Crippen molar-refractivity contribution < 1.29 is 5.11 Å². The largest absolute Gasteiger partial charge is 0.388 e. The van der Waals surface area contributed by atoms with E-state index in [1.165, 1.54) is 5.56 Å². The SMILES string of the molecule is Cc1ccc(CC(O)c2ccc(Cl)c3cccnc23)cc1. The monoisotopic (exact) mass is 297 g/mol. The van der Waals surface area contributed by atoms with E-state index in [1.54, 1.807) is 6.20 Å². The number of hydrogen-bond donors (Lipinski definition) is 1. The van der Waals surface area contributed by atoms with Crippen LogP contribution in [-0.4, -0.2) is 10.1 Å². The maximum Gasteiger partial charge on any atom is 0.0851 e. The Hall–Kier alpha value is -1.90. The van der Waals surface area contributed by atoms with Gasteiger partial charge in [-0.3, -0.25) is 4.98 Å². The smallest absolute Gasteiger partial charge is 0.0851 e. The Labute approximate surface area is 129 Å². The van der Waals surface area contributed by atoms with Gasteiger partial charge in [-0.05, 0) is 30.7 Å². The van der Waals surface area contributed by atoms with Crippen molar-refractivity contribution in [1.29, 1.82) is 0 Å². The molecule has 0 aliphatic rings. The highest BCUT2D eigenvalue weighted by Gasteiger charge is 2.14. The quantitative estimate of drug-likeness (QED) is 0.773. The number of aromatic nitrogens is 1. The van der Waals surface area contributed by atoms with Gasteiger partial charge in [0.25, 0.3) is 0 Å². The Morgan fingerprint density at radius 2 is 1.86 bits per heavy atom. The molecule has 1 aromatic heterocycles. The van der Waals surface area contributed by atoms with E-state index in [2.05, 4.69) is 24.0 Å². The van der Waals surface area contributed by atoms with E-state index in [-0.39, 0.29) is 0 Å². The normalized spacial score (nSPS) is 12.5. The molecule has 0 amide bonds. The minimum absolute atomic E-state index is 0.563. The van der Waals surface area contributed by atoms with Crippen molar-refractivity contribution in [2.24, 2.45) is 0 Å².